The van der Waals surface area contributed by atoms with E-state index in [0.717, 1.165) is 0 Å². The molecule has 13 heteroatoms. The third-order valence-electron chi connectivity index (χ3n) is 4.66. The molecule has 1 aliphatic heterocycles. The van der Waals surface area contributed by atoms with Gasteiger partial charge >= 0.3 is 12.1 Å². The summed E-state index contributed by atoms with van der Waals surface area (Å²) in [7, 11) is 0. The minimum atomic E-state index is -1.52. The van der Waals surface area contributed by atoms with Gasteiger partial charge in [0.25, 0.3) is 0 Å². The van der Waals surface area contributed by atoms with Crippen LogP contribution in [0, 0.1) is 0 Å². The third-order valence-corrected chi connectivity index (χ3v) is 4.66. The number of hydrogen-bond donors (Lipinski definition) is 6. The van der Waals surface area contributed by atoms with Crippen LogP contribution in [0.1, 0.15) is 47.5 Å². The average Bonchev–Trinajstić information content (AvgIpc) is 2.69. The molecule has 0 saturated carbocycles. The van der Waals surface area contributed by atoms with Crippen molar-refractivity contribution in [3.63, 3.8) is 0 Å². The Hall–Kier alpha value is -2.03. The van der Waals surface area contributed by atoms with Crippen molar-refractivity contribution in [1.82, 2.24) is 15.8 Å². The highest BCUT2D eigenvalue weighted by molar-refractivity contribution is 5.77. The molecule has 0 bridgehead atoms. The molecule has 6 N–H and O–H groups in total. The predicted molar refractivity (Wildman–Crippen MR) is 118 cm³/mol. The molecule has 0 unspecified atom stereocenters. The van der Waals surface area contributed by atoms with Crippen LogP contribution < -0.4 is 10.7 Å². The monoisotopic (exact) mass is 493 g/mol. The lowest BCUT2D eigenvalue weighted by molar-refractivity contribution is -0.231. The highest BCUT2D eigenvalue weighted by Crippen LogP contribution is 2.23. The van der Waals surface area contributed by atoms with Gasteiger partial charge in [0, 0.05) is 19.5 Å². The van der Waals surface area contributed by atoms with Crippen LogP contribution in [-0.2, 0) is 23.8 Å². The Bertz CT molecular complexity index is 668. The summed E-state index contributed by atoms with van der Waals surface area (Å²) in [6.45, 7) is 7.63. The minimum absolute atomic E-state index is 0.00224. The number of nitrogens with one attached hydrogen (secondary N) is 2. The zero-order valence-electron chi connectivity index (χ0n) is 20.4. The van der Waals surface area contributed by atoms with Crippen LogP contribution >= 0.6 is 0 Å². The van der Waals surface area contributed by atoms with E-state index in [2.05, 4.69) is 10.7 Å². The number of amides is 2. The van der Waals surface area contributed by atoms with Gasteiger partial charge in [-0.05, 0) is 41.0 Å². The summed E-state index contributed by atoms with van der Waals surface area (Å²) in [5, 5.41) is 43.1. The Kier molecular flexibility index (Phi) is 12.1. The van der Waals surface area contributed by atoms with Crippen molar-refractivity contribution in [2.75, 3.05) is 26.2 Å². The molecule has 0 spiro atoms. The van der Waals surface area contributed by atoms with E-state index in [1.165, 1.54) is 5.01 Å². The smallest absolute Gasteiger partial charge is 0.407 e. The fourth-order valence-electron chi connectivity index (χ4n) is 3.16. The van der Waals surface area contributed by atoms with Crippen molar-refractivity contribution >= 4 is 18.0 Å². The molecule has 0 aliphatic carbocycles. The Balaban J connectivity index is 2.67. The molecule has 1 fully saturated rings. The lowest BCUT2D eigenvalue weighted by Crippen LogP contribution is -2.59. The molecular formula is C21H39N3O10. The van der Waals surface area contributed by atoms with E-state index in [0.29, 0.717) is 0 Å². The number of carbonyl (C=O) groups excluding carboxylic acids is 3. The molecule has 198 valence electrons. The van der Waals surface area contributed by atoms with E-state index in [-0.39, 0.29) is 38.6 Å². The Morgan fingerprint density at radius 1 is 1.06 bits per heavy atom. The van der Waals surface area contributed by atoms with Crippen LogP contribution in [0.4, 0.5) is 4.79 Å². The van der Waals surface area contributed by atoms with E-state index < -0.39 is 60.7 Å². The largest absolute Gasteiger partial charge is 0.462 e. The van der Waals surface area contributed by atoms with Gasteiger partial charge < -0.3 is 40.0 Å². The SMILES string of the molecule is CC(C)OC(=O)CN(CC[C@@H]1O[C@H](CO)[C@@H](O)[C@H](O)[C@H]1O)NC(=O)CCNC(=O)OC(C)(C)C. The summed E-state index contributed by atoms with van der Waals surface area (Å²) in [4.78, 5) is 36.2. The van der Waals surface area contributed by atoms with Gasteiger partial charge in [0.1, 0.15) is 36.6 Å². The number of rotatable bonds is 11. The van der Waals surface area contributed by atoms with Crippen LogP contribution in [-0.4, -0.2) is 112 Å². The topological polar surface area (TPSA) is 187 Å². The third kappa shape index (κ3) is 10.9. The molecule has 5 atom stereocenters. The standard InChI is InChI=1S/C21H39N3O10/c1-12(2)32-16(27)10-24(23-15(26)6-8-22-20(31)34-21(3,4)5)9-7-13-17(28)19(30)18(29)14(11-25)33-13/h12-14,17-19,25,28-30H,6-11H2,1-5H3,(H,22,31)(H,23,26)/t13-,14+,17-,18+,19+/m0/s1. The molecule has 1 saturated heterocycles. The second-order valence-electron chi connectivity index (χ2n) is 9.33. The summed E-state index contributed by atoms with van der Waals surface area (Å²) in [6, 6.07) is 0. The van der Waals surface area contributed by atoms with Crippen LogP contribution in [0.2, 0.25) is 0 Å². The average molecular weight is 494 g/mol. The van der Waals surface area contributed by atoms with Crippen LogP contribution in [0.15, 0.2) is 0 Å². The number of ether oxygens (including phenoxy) is 3. The van der Waals surface area contributed by atoms with E-state index in [9.17, 15) is 34.8 Å². The lowest BCUT2D eigenvalue weighted by atomic mass is 9.93. The second kappa shape index (κ2) is 13.8. The van der Waals surface area contributed by atoms with Gasteiger partial charge in [-0.2, -0.15) is 0 Å². The van der Waals surface area contributed by atoms with Gasteiger partial charge in [-0.1, -0.05) is 0 Å². The second-order valence-corrected chi connectivity index (χ2v) is 9.33. The first kappa shape index (κ1) is 30.0. The number of hydrazine groups is 1. The quantitative estimate of drug-likeness (QED) is 0.144. The highest BCUT2D eigenvalue weighted by atomic mass is 16.6. The van der Waals surface area contributed by atoms with Crippen molar-refractivity contribution in [3.05, 3.63) is 0 Å². The lowest BCUT2D eigenvalue weighted by Gasteiger charge is -2.40. The Morgan fingerprint density at radius 3 is 2.24 bits per heavy atom. The van der Waals surface area contributed by atoms with Gasteiger partial charge in [0.05, 0.1) is 18.8 Å². The fourth-order valence-corrected chi connectivity index (χ4v) is 3.16. The zero-order chi connectivity index (χ0) is 26.1. The van der Waals surface area contributed by atoms with E-state index in [1.54, 1.807) is 34.6 Å². The van der Waals surface area contributed by atoms with Crippen LogP contribution in [0.25, 0.3) is 0 Å². The first-order valence-corrected chi connectivity index (χ1v) is 11.2. The number of aliphatic hydroxyl groups is 4. The normalized spacial score (nSPS) is 25.2. The van der Waals surface area contributed by atoms with E-state index in [1.807, 2.05) is 0 Å². The Labute approximate surface area is 199 Å². The molecule has 0 aromatic carbocycles. The summed E-state index contributed by atoms with van der Waals surface area (Å²) < 4.78 is 15.7. The van der Waals surface area contributed by atoms with Gasteiger partial charge in [-0.3, -0.25) is 15.0 Å². The first-order chi connectivity index (χ1) is 15.7. The minimum Gasteiger partial charge on any atom is -0.462 e. The number of esters is 1. The van der Waals surface area contributed by atoms with Gasteiger partial charge in [0.15, 0.2) is 0 Å². The Morgan fingerprint density at radius 2 is 1.68 bits per heavy atom. The molecule has 1 rings (SSSR count). The summed E-state index contributed by atoms with van der Waals surface area (Å²) in [5.74, 6) is -1.10. The predicted octanol–water partition coefficient (Wildman–Crippen LogP) is -1.58. The number of nitrogens with zero attached hydrogens (tertiary/aromatic N) is 1. The molecule has 1 aliphatic rings. The zero-order valence-corrected chi connectivity index (χ0v) is 20.4. The number of hydrogen-bond acceptors (Lipinski definition) is 11. The van der Waals surface area contributed by atoms with Crippen molar-refractivity contribution in [2.24, 2.45) is 0 Å². The molecule has 34 heavy (non-hydrogen) atoms. The molecule has 0 aromatic rings. The molecule has 0 radical (unpaired) electrons. The maximum absolute atomic E-state index is 12.3. The first-order valence-electron chi connectivity index (χ1n) is 11.2. The van der Waals surface area contributed by atoms with E-state index >= 15 is 0 Å². The van der Waals surface area contributed by atoms with Crippen LogP contribution in [0.5, 0.6) is 0 Å². The molecule has 1 heterocycles. The molecule has 0 aromatic heterocycles. The van der Waals surface area contributed by atoms with Crippen LogP contribution in [0.3, 0.4) is 0 Å². The molecular weight excluding hydrogens is 454 g/mol. The van der Waals surface area contributed by atoms with E-state index in [4.69, 9.17) is 14.2 Å². The maximum Gasteiger partial charge on any atom is 0.407 e. The van der Waals surface area contributed by atoms with Gasteiger partial charge in [-0.15, -0.1) is 0 Å². The fraction of sp³-hybridized carbons (Fsp3) is 0.857. The van der Waals surface area contributed by atoms with Gasteiger partial charge in [-0.25, -0.2) is 9.80 Å². The van der Waals surface area contributed by atoms with Crippen molar-refractivity contribution in [3.8, 4) is 0 Å². The van der Waals surface area contributed by atoms with Crippen molar-refractivity contribution in [2.45, 2.75) is 89.7 Å². The number of carbonyl (C=O) groups is 3. The number of alkyl carbamates (subject to hydrolysis) is 1. The molecule has 13 nitrogen and oxygen atoms in total. The summed E-state index contributed by atoms with van der Waals surface area (Å²) in [6.07, 6.45) is -7.55. The number of aliphatic hydroxyl groups excluding tert-OH is 4. The van der Waals surface area contributed by atoms with Crippen molar-refractivity contribution in [1.29, 1.82) is 0 Å². The van der Waals surface area contributed by atoms with Crippen molar-refractivity contribution < 1.29 is 49.0 Å². The maximum atomic E-state index is 12.3. The summed E-state index contributed by atoms with van der Waals surface area (Å²) >= 11 is 0. The molecule has 2 amide bonds. The summed E-state index contributed by atoms with van der Waals surface area (Å²) in [5.41, 5.74) is 1.87. The van der Waals surface area contributed by atoms with Gasteiger partial charge in [0.2, 0.25) is 5.91 Å². The highest BCUT2D eigenvalue weighted by Gasteiger charge is 2.43.